The fourth-order valence-electron chi connectivity index (χ4n) is 2.07. The molecule has 1 aromatic carbocycles. The highest BCUT2D eigenvalue weighted by molar-refractivity contribution is 7.80. The molecule has 0 aliphatic heterocycles. The Morgan fingerprint density at radius 2 is 1.80 bits per heavy atom. The third kappa shape index (κ3) is 3.94. The number of nitrogens with one attached hydrogen (secondary N) is 1. The van der Waals surface area contributed by atoms with Crippen LogP contribution < -0.4 is 11.1 Å². The molecule has 0 saturated carbocycles. The summed E-state index contributed by atoms with van der Waals surface area (Å²) in [5, 5.41) is 3.20. The third-order valence-corrected chi connectivity index (χ3v) is 3.25. The van der Waals surface area contributed by atoms with Crippen molar-refractivity contribution >= 4 is 24.3 Å². The van der Waals surface area contributed by atoms with Gasteiger partial charge in [-0.25, -0.2) is 4.99 Å². The van der Waals surface area contributed by atoms with Gasteiger partial charge in [0.15, 0.2) is 5.96 Å². The van der Waals surface area contributed by atoms with Crippen molar-refractivity contribution < 1.29 is 0 Å². The van der Waals surface area contributed by atoms with E-state index < -0.39 is 0 Å². The van der Waals surface area contributed by atoms with E-state index in [-0.39, 0.29) is 0 Å². The molecule has 1 aromatic rings. The zero-order valence-electron chi connectivity index (χ0n) is 12.6. The fraction of sp³-hybridized carbons (Fsp3) is 0.438. The summed E-state index contributed by atoms with van der Waals surface area (Å²) in [4.78, 5) is 4.07. The maximum absolute atomic E-state index is 5.87. The highest BCUT2D eigenvalue weighted by Crippen LogP contribution is 2.33. The molecule has 1 rings (SSSR count). The molecule has 0 saturated heterocycles. The summed E-state index contributed by atoms with van der Waals surface area (Å²) in [6.45, 7) is 8.54. The molecule has 0 aromatic heterocycles. The SMILES string of the molecule is C#Cc1cc(C(C)C)c(N/C(N)=N/CS)c(C(C)C)c1. The van der Waals surface area contributed by atoms with Gasteiger partial charge in [0, 0.05) is 11.3 Å². The summed E-state index contributed by atoms with van der Waals surface area (Å²) in [6, 6.07) is 4.07. The number of hydrogen-bond acceptors (Lipinski definition) is 2. The van der Waals surface area contributed by atoms with Crippen LogP contribution in [0.15, 0.2) is 17.1 Å². The topological polar surface area (TPSA) is 50.4 Å². The van der Waals surface area contributed by atoms with Crippen LogP contribution in [-0.4, -0.2) is 11.8 Å². The molecule has 108 valence electrons. The molecule has 0 unspecified atom stereocenters. The van der Waals surface area contributed by atoms with E-state index >= 15 is 0 Å². The van der Waals surface area contributed by atoms with Gasteiger partial charge in [0.2, 0.25) is 0 Å². The normalized spacial score (nSPS) is 11.8. The number of rotatable bonds is 4. The first-order chi connectivity index (χ1) is 9.40. The van der Waals surface area contributed by atoms with Crippen LogP contribution in [0.5, 0.6) is 0 Å². The maximum Gasteiger partial charge on any atom is 0.193 e. The Morgan fingerprint density at radius 3 is 2.15 bits per heavy atom. The van der Waals surface area contributed by atoms with Gasteiger partial charge in [-0.2, -0.15) is 12.6 Å². The van der Waals surface area contributed by atoms with Crippen molar-refractivity contribution in [3.8, 4) is 12.3 Å². The molecule has 4 heteroatoms. The number of guanidine groups is 1. The van der Waals surface area contributed by atoms with Crippen LogP contribution in [0.25, 0.3) is 0 Å². The van der Waals surface area contributed by atoms with Crippen molar-refractivity contribution in [2.24, 2.45) is 10.7 Å². The Kier molecular flexibility index (Phi) is 5.97. The van der Waals surface area contributed by atoms with Crippen LogP contribution in [0.1, 0.15) is 56.2 Å². The van der Waals surface area contributed by atoms with Crippen molar-refractivity contribution in [2.45, 2.75) is 39.5 Å². The maximum atomic E-state index is 5.87. The summed E-state index contributed by atoms with van der Waals surface area (Å²) < 4.78 is 0. The van der Waals surface area contributed by atoms with Gasteiger partial charge in [-0.05, 0) is 35.1 Å². The van der Waals surface area contributed by atoms with Crippen molar-refractivity contribution in [3.05, 3.63) is 28.8 Å². The van der Waals surface area contributed by atoms with Crippen molar-refractivity contribution in [2.75, 3.05) is 11.2 Å². The first-order valence-electron chi connectivity index (χ1n) is 6.72. The van der Waals surface area contributed by atoms with Gasteiger partial charge in [-0.1, -0.05) is 33.6 Å². The summed E-state index contributed by atoms with van der Waals surface area (Å²) >= 11 is 4.06. The van der Waals surface area contributed by atoms with Crippen LogP contribution >= 0.6 is 12.6 Å². The van der Waals surface area contributed by atoms with Crippen LogP contribution in [0.2, 0.25) is 0 Å². The largest absolute Gasteiger partial charge is 0.370 e. The smallest absolute Gasteiger partial charge is 0.193 e. The lowest BCUT2D eigenvalue weighted by Crippen LogP contribution is -2.24. The minimum atomic E-state index is 0.340. The first-order valence-corrected chi connectivity index (χ1v) is 7.36. The van der Waals surface area contributed by atoms with E-state index in [1.54, 1.807) is 0 Å². The van der Waals surface area contributed by atoms with Gasteiger partial charge in [0.1, 0.15) is 0 Å². The van der Waals surface area contributed by atoms with Crippen molar-refractivity contribution in [1.29, 1.82) is 0 Å². The number of terminal acetylenes is 1. The number of nitrogens with zero attached hydrogens (tertiary/aromatic N) is 1. The minimum absolute atomic E-state index is 0.340. The number of nitrogens with two attached hydrogens (primary N) is 1. The zero-order chi connectivity index (χ0) is 15.3. The number of anilines is 1. The fourth-order valence-corrected chi connectivity index (χ4v) is 2.22. The van der Waals surface area contributed by atoms with Gasteiger partial charge >= 0.3 is 0 Å². The standard InChI is InChI=1S/C16H23N3S/c1-6-12-7-13(10(2)3)15(14(8-12)11(4)5)19-16(17)18-9-20/h1,7-8,10-11,20H,9H2,2-5H3,(H3,17,18,19). The lowest BCUT2D eigenvalue weighted by Gasteiger charge is -2.21. The molecule has 3 N–H and O–H groups in total. The molecule has 0 heterocycles. The monoisotopic (exact) mass is 289 g/mol. The molecule has 0 aliphatic carbocycles. The number of benzene rings is 1. The highest BCUT2D eigenvalue weighted by atomic mass is 32.1. The molecule has 20 heavy (non-hydrogen) atoms. The Morgan fingerprint density at radius 1 is 1.30 bits per heavy atom. The van der Waals surface area contributed by atoms with E-state index in [2.05, 4.69) is 56.6 Å². The first kappa shape index (κ1) is 16.5. The van der Waals surface area contributed by atoms with Gasteiger partial charge in [-0.3, -0.25) is 0 Å². The molecule has 0 atom stereocenters. The second kappa shape index (κ2) is 7.25. The molecule has 0 spiro atoms. The van der Waals surface area contributed by atoms with E-state index in [1.807, 2.05) is 12.1 Å². The van der Waals surface area contributed by atoms with Gasteiger partial charge in [-0.15, -0.1) is 6.42 Å². The van der Waals surface area contributed by atoms with E-state index in [9.17, 15) is 0 Å². The van der Waals surface area contributed by atoms with Crippen LogP contribution in [-0.2, 0) is 0 Å². The van der Waals surface area contributed by atoms with E-state index in [0.29, 0.717) is 23.7 Å². The molecular formula is C16H23N3S. The average Bonchev–Trinajstić information content (AvgIpc) is 2.38. The number of aliphatic imine (C=N–C) groups is 1. The molecule has 3 nitrogen and oxygen atoms in total. The van der Waals surface area contributed by atoms with Crippen LogP contribution in [0.4, 0.5) is 5.69 Å². The Balaban J connectivity index is 3.44. The second-order valence-corrected chi connectivity index (χ2v) is 5.58. The predicted molar refractivity (Wildman–Crippen MR) is 91.7 cm³/mol. The van der Waals surface area contributed by atoms with E-state index in [4.69, 9.17) is 12.2 Å². The Labute approximate surface area is 127 Å². The highest BCUT2D eigenvalue weighted by Gasteiger charge is 2.16. The second-order valence-electron chi connectivity index (χ2n) is 5.29. The summed E-state index contributed by atoms with van der Waals surface area (Å²) in [5.74, 6) is 4.13. The zero-order valence-corrected chi connectivity index (χ0v) is 13.5. The quantitative estimate of drug-likeness (QED) is 0.344. The minimum Gasteiger partial charge on any atom is -0.370 e. The van der Waals surface area contributed by atoms with Crippen molar-refractivity contribution in [3.63, 3.8) is 0 Å². The van der Waals surface area contributed by atoms with Gasteiger partial charge in [0.05, 0.1) is 5.88 Å². The molecule has 0 aliphatic rings. The summed E-state index contributed by atoms with van der Waals surface area (Å²) in [6.07, 6.45) is 5.56. The Bertz CT molecular complexity index is 510. The van der Waals surface area contributed by atoms with Crippen LogP contribution in [0, 0.1) is 12.3 Å². The Hall–Kier alpha value is -1.60. The van der Waals surface area contributed by atoms with E-state index in [0.717, 1.165) is 22.4 Å². The van der Waals surface area contributed by atoms with Crippen molar-refractivity contribution in [1.82, 2.24) is 0 Å². The number of hydrogen-bond donors (Lipinski definition) is 3. The molecular weight excluding hydrogens is 266 g/mol. The predicted octanol–water partition coefficient (Wildman–Crippen LogP) is 3.53. The lowest BCUT2D eigenvalue weighted by molar-refractivity contribution is 0.838. The lowest BCUT2D eigenvalue weighted by atomic mass is 9.90. The van der Waals surface area contributed by atoms with Crippen LogP contribution in [0.3, 0.4) is 0 Å². The molecule has 0 bridgehead atoms. The molecule has 0 amide bonds. The summed E-state index contributed by atoms with van der Waals surface area (Å²) in [7, 11) is 0. The van der Waals surface area contributed by atoms with Gasteiger partial charge in [0.25, 0.3) is 0 Å². The molecule has 0 radical (unpaired) electrons. The number of thiol groups is 1. The third-order valence-electron chi connectivity index (χ3n) is 3.10. The summed E-state index contributed by atoms with van der Waals surface area (Å²) in [5.41, 5.74) is 10.1. The molecule has 0 fully saturated rings. The van der Waals surface area contributed by atoms with Gasteiger partial charge < -0.3 is 11.1 Å². The van der Waals surface area contributed by atoms with E-state index in [1.165, 1.54) is 0 Å². The average molecular weight is 289 g/mol.